The van der Waals surface area contributed by atoms with E-state index in [2.05, 4.69) is 26.1 Å². The zero-order valence-corrected chi connectivity index (χ0v) is 15.9. The topological polar surface area (TPSA) is 66.4 Å². The third-order valence-corrected chi connectivity index (χ3v) is 4.97. The van der Waals surface area contributed by atoms with Crippen molar-refractivity contribution in [1.82, 2.24) is 0 Å². The Labute approximate surface area is 158 Å². The van der Waals surface area contributed by atoms with Crippen molar-refractivity contribution in [1.29, 1.82) is 0 Å². The number of benzene rings is 2. The van der Waals surface area contributed by atoms with Crippen molar-refractivity contribution in [2.24, 2.45) is 0 Å². The van der Waals surface area contributed by atoms with Gasteiger partial charge in [0.25, 0.3) is 5.91 Å². The molecule has 1 aliphatic carbocycles. The monoisotopic (exact) mass is 371 g/mol. The smallest absolute Gasteiger partial charge is 0.337 e. The molecule has 2 aromatic rings. The largest absolute Gasteiger partial charge is 0.478 e. The van der Waals surface area contributed by atoms with Crippen LogP contribution in [0.25, 0.3) is 0 Å². The van der Waals surface area contributed by atoms with Gasteiger partial charge in [-0.2, -0.15) is 0 Å². The van der Waals surface area contributed by atoms with Gasteiger partial charge in [0.05, 0.1) is 11.3 Å². The Bertz CT molecular complexity index is 862. The van der Waals surface area contributed by atoms with Crippen LogP contribution in [0.2, 0.25) is 5.02 Å². The molecule has 0 saturated heterocycles. The number of nitrogens with one attached hydrogen (secondary N) is 1. The number of carboxylic acids is 1. The average molecular weight is 372 g/mol. The highest BCUT2D eigenvalue weighted by atomic mass is 35.5. The fourth-order valence-electron chi connectivity index (χ4n) is 2.89. The lowest BCUT2D eigenvalue weighted by Crippen LogP contribution is -2.16. The number of rotatable bonds is 4. The third-order valence-electron chi connectivity index (χ3n) is 4.65. The van der Waals surface area contributed by atoms with Crippen molar-refractivity contribution >= 4 is 29.2 Å². The number of hydrogen-bond acceptors (Lipinski definition) is 2. The van der Waals surface area contributed by atoms with Crippen LogP contribution < -0.4 is 5.32 Å². The summed E-state index contributed by atoms with van der Waals surface area (Å²) in [5.41, 5.74) is 2.72. The minimum Gasteiger partial charge on any atom is -0.478 e. The Hall–Kier alpha value is -2.33. The first kappa shape index (κ1) is 18.5. The average Bonchev–Trinajstić information content (AvgIpc) is 3.38. The van der Waals surface area contributed by atoms with Crippen LogP contribution in [0.1, 0.15) is 71.4 Å². The number of carbonyl (C=O) groups is 2. The molecule has 2 N–H and O–H groups in total. The molecular formula is C21H22ClNO3. The van der Waals surface area contributed by atoms with E-state index in [-0.39, 0.29) is 22.6 Å². The van der Waals surface area contributed by atoms with Gasteiger partial charge >= 0.3 is 5.97 Å². The van der Waals surface area contributed by atoms with Gasteiger partial charge in [-0.05, 0) is 59.6 Å². The van der Waals surface area contributed by atoms with Gasteiger partial charge in [0.15, 0.2) is 0 Å². The number of hydrogen-bond donors (Lipinski definition) is 2. The maximum absolute atomic E-state index is 12.5. The van der Waals surface area contributed by atoms with Crippen LogP contribution >= 0.6 is 11.6 Å². The van der Waals surface area contributed by atoms with E-state index < -0.39 is 5.97 Å². The second-order valence-corrected chi connectivity index (χ2v) is 8.19. The molecule has 0 aliphatic heterocycles. The lowest BCUT2D eigenvalue weighted by atomic mass is 9.86. The molecule has 1 amide bonds. The van der Waals surface area contributed by atoms with Gasteiger partial charge in [-0.15, -0.1) is 0 Å². The molecule has 0 aromatic heterocycles. The highest BCUT2D eigenvalue weighted by molar-refractivity contribution is 6.32. The number of carboxylic acid groups (broad SMARTS) is 1. The quantitative estimate of drug-likeness (QED) is 0.749. The summed E-state index contributed by atoms with van der Waals surface area (Å²) in [7, 11) is 0. The molecule has 0 atom stereocenters. The Morgan fingerprint density at radius 2 is 1.73 bits per heavy atom. The molecule has 1 saturated carbocycles. The molecule has 0 heterocycles. The molecule has 2 aromatic carbocycles. The number of halogens is 1. The van der Waals surface area contributed by atoms with Crippen LogP contribution in [0.4, 0.5) is 5.69 Å². The molecule has 5 heteroatoms. The third kappa shape index (κ3) is 3.91. The lowest BCUT2D eigenvalue weighted by molar-refractivity contribution is 0.0698. The van der Waals surface area contributed by atoms with E-state index in [0.717, 1.165) is 24.0 Å². The molecule has 1 aliphatic rings. The first-order chi connectivity index (χ1) is 12.2. The summed E-state index contributed by atoms with van der Waals surface area (Å²) >= 11 is 6.30. The number of carbonyl (C=O) groups excluding carboxylic acids is 1. The molecule has 0 bridgehead atoms. The predicted octanol–water partition coefficient (Wildman–Crippen LogP) is 5.47. The summed E-state index contributed by atoms with van der Waals surface area (Å²) in [5.74, 6) is -1.11. The molecule has 3 rings (SSSR count). The zero-order chi connectivity index (χ0) is 19.1. The summed E-state index contributed by atoms with van der Waals surface area (Å²) in [6.07, 6.45) is 2.04. The van der Waals surface area contributed by atoms with Gasteiger partial charge < -0.3 is 10.4 Å². The van der Waals surface area contributed by atoms with Crippen LogP contribution in [0.5, 0.6) is 0 Å². The Morgan fingerprint density at radius 3 is 2.23 bits per heavy atom. The highest BCUT2D eigenvalue weighted by Gasteiger charge is 2.28. The Morgan fingerprint density at radius 1 is 1.12 bits per heavy atom. The van der Waals surface area contributed by atoms with Crippen molar-refractivity contribution < 1.29 is 14.7 Å². The molecule has 1 fully saturated rings. The van der Waals surface area contributed by atoms with Gasteiger partial charge in [0, 0.05) is 10.6 Å². The number of aromatic carboxylic acids is 1. The first-order valence-electron chi connectivity index (χ1n) is 8.65. The van der Waals surface area contributed by atoms with E-state index >= 15 is 0 Å². The number of anilines is 1. The summed E-state index contributed by atoms with van der Waals surface area (Å²) in [6.45, 7) is 6.31. The maximum atomic E-state index is 12.5. The van der Waals surface area contributed by atoms with Crippen LogP contribution in [0.3, 0.4) is 0 Å². The summed E-state index contributed by atoms with van der Waals surface area (Å²) in [6, 6.07) is 10.4. The van der Waals surface area contributed by atoms with Crippen molar-refractivity contribution in [3.8, 4) is 0 Å². The van der Waals surface area contributed by atoms with Crippen LogP contribution in [-0.2, 0) is 5.41 Å². The molecule has 4 nitrogen and oxygen atoms in total. The van der Waals surface area contributed by atoms with Gasteiger partial charge in [-0.3, -0.25) is 4.79 Å². The van der Waals surface area contributed by atoms with E-state index in [9.17, 15) is 14.7 Å². The second kappa shape index (κ2) is 6.76. The molecule has 26 heavy (non-hydrogen) atoms. The van der Waals surface area contributed by atoms with Crippen LogP contribution in [0.15, 0.2) is 36.4 Å². The van der Waals surface area contributed by atoms with E-state index in [1.807, 2.05) is 12.1 Å². The van der Waals surface area contributed by atoms with Crippen LogP contribution in [0, 0.1) is 0 Å². The Balaban J connectivity index is 1.87. The molecule has 0 spiro atoms. The van der Waals surface area contributed by atoms with Gasteiger partial charge in [-0.1, -0.05) is 44.5 Å². The second-order valence-electron chi connectivity index (χ2n) is 7.78. The zero-order valence-electron chi connectivity index (χ0n) is 15.1. The van der Waals surface area contributed by atoms with Crippen molar-refractivity contribution in [2.75, 3.05) is 5.32 Å². The van der Waals surface area contributed by atoms with Crippen molar-refractivity contribution in [3.63, 3.8) is 0 Å². The van der Waals surface area contributed by atoms with E-state index in [1.54, 1.807) is 24.3 Å². The van der Waals surface area contributed by atoms with E-state index in [0.29, 0.717) is 16.5 Å². The minimum atomic E-state index is -1.08. The molecular weight excluding hydrogens is 350 g/mol. The molecule has 136 valence electrons. The maximum Gasteiger partial charge on any atom is 0.337 e. The predicted molar refractivity (Wildman–Crippen MR) is 103 cm³/mol. The number of amides is 1. The van der Waals surface area contributed by atoms with Gasteiger partial charge in [-0.25, -0.2) is 4.79 Å². The van der Waals surface area contributed by atoms with Crippen molar-refractivity contribution in [2.45, 2.75) is 44.9 Å². The SMILES string of the molecule is CC(C)(C)c1ccc(C(=O)Nc2cc(Cl)c(C3CC3)cc2C(=O)O)cc1. The molecule has 0 radical (unpaired) electrons. The minimum absolute atomic E-state index is 0.00233. The van der Waals surface area contributed by atoms with Crippen LogP contribution in [-0.4, -0.2) is 17.0 Å². The highest BCUT2D eigenvalue weighted by Crippen LogP contribution is 2.44. The summed E-state index contributed by atoms with van der Waals surface area (Å²) in [4.78, 5) is 24.2. The summed E-state index contributed by atoms with van der Waals surface area (Å²) < 4.78 is 0. The summed E-state index contributed by atoms with van der Waals surface area (Å²) in [5, 5.41) is 12.7. The Kier molecular flexibility index (Phi) is 4.80. The molecule has 0 unspecified atom stereocenters. The van der Waals surface area contributed by atoms with Gasteiger partial charge in [0.2, 0.25) is 0 Å². The normalized spacial score (nSPS) is 14.2. The van der Waals surface area contributed by atoms with Gasteiger partial charge in [0.1, 0.15) is 0 Å². The van der Waals surface area contributed by atoms with E-state index in [4.69, 9.17) is 11.6 Å². The van der Waals surface area contributed by atoms with E-state index in [1.165, 1.54) is 0 Å². The fraction of sp³-hybridized carbons (Fsp3) is 0.333. The standard InChI is InChI=1S/C21H22ClNO3/c1-21(2,3)14-8-6-13(7-9-14)19(24)23-18-11-17(22)15(12-4-5-12)10-16(18)20(25)26/h6-12H,4-5H2,1-3H3,(H,23,24)(H,25,26). The lowest BCUT2D eigenvalue weighted by Gasteiger charge is -2.19. The first-order valence-corrected chi connectivity index (χ1v) is 9.03. The van der Waals surface area contributed by atoms with Crippen molar-refractivity contribution in [3.05, 3.63) is 63.7 Å². The fourth-order valence-corrected chi connectivity index (χ4v) is 3.21.